The van der Waals surface area contributed by atoms with E-state index in [4.69, 9.17) is 15.2 Å². The number of carbonyl (C=O) groups excluding carboxylic acids is 2. The van der Waals surface area contributed by atoms with Gasteiger partial charge in [-0.3, -0.25) is 4.79 Å². The molecular formula is C17H17NO4. The molecule has 0 spiro atoms. The lowest BCUT2D eigenvalue weighted by molar-refractivity contribution is -0.119. The van der Waals surface area contributed by atoms with E-state index in [9.17, 15) is 9.59 Å². The Morgan fingerprint density at radius 1 is 1.09 bits per heavy atom. The fraction of sp³-hybridized carbons (Fsp3) is 0.176. The summed E-state index contributed by atoms with van der Waals surface area (Å²) in [6, 6.07) is 11.9. The first-order valence-corrected chi connectivity index (χ1v) is 6.77. The highest BCUT2D eigenvalue weighted by molar-refractivity contribution is 5.91. The summed E-state index contributed by atoms with van der Waals surface area (Å²) < 4.78 is 10.6. The normalized spacial score (nSPS) is 10.1. The third-order valence-corrected chi connectivity index (χ3v) is 3.21. The topological polar surface area (TPSA) is 78.6 Å². The highest BCUT2D eigenvalue weighted by Crippen LogP contribution is 2.22. The lowest BCUT2D eigenvalue weighted by Gasteiger charge is -2.10. The fourth-order valence-corrected chi connectivity index (χ4v) is 1.86. The third kappa shape index (κ3) is 3.85. The predicted molar refractivity (Wildman–Crippen MR) is 82.0 cm³/mol. The summed E-state index contributed by atoms with van der Waals surface area (Å²) in [5.41, 5.74) is 7.31. The molecule has 0 fully saturated rings. The summed E-state index contributed by atoms with van der Waals surface area (Å²) in [6.07, 6.45) is 0. The maximum absolute atomic E-state index is 12.2. The van der Waals surface area contributed by atoms with Crippen LogP contribution in [0.3, 0.4) is 0 Å². The standard InChI is InChI=1S/C17H17NO4/c1-11-5-3-8-15(12(11)2)22-17(20)13-6-4-7-14(9-13)21-10-16(18)19/h3-9H,10H2,1-2H3,(H2,18,19). The molecule has 5 nitrogen and oxygen atoms in total. The van der Waals surface area contributed by atoms with Gasteiger partial charge in [0.25, 0.3) is 5.91 Å². The van der Waals surface area contributed by atoms with Crippen molar-refractivity contribution in [1.29, 1.82) is 0 Å². The second-order valence-electron chi connectivity index (χ2n) is 4.87. The van der Waals surface area contributed by atoms with Gasteiger partial charge in [0, 0.05) is 0 Å². The van der Waals surface area contributed by atoms with E-state index in [1.165, 1.54) is 6.07 Å². The van der Waals surface area contributed by atoms with E-state index >= 15 is 0 Å². The highest BCUT2D eigenvalue weighted by Gasteiger charge is 2.12. The molecule has 2 rings (SSSR count). The van der Waals surface area contributed by atoms with E-state index in [1.807, 2.05) is 26.0 Å². The molecule has 5 heteroatoms. The van der Waals surface area contributed by atoms with Crippen molar-refractivity contribution in [2.45, 2.75) is 13.8 Å². The smallest absolute Gasteiger partial charge is 0.343 e. The number of benzene rings is 2. The summed E-state index contributed by atoms with van der Waals surface area (Å²) in [5.74, 6) is -0.163. The van der Waals surface area contributed by atoms with Gasteiger partial charge in [-0.05, 0) is 49.2 Å². The molecule has 2 aromatic carbocycles. The predicted octanol–water partition coefficient (Wildman–Crippen LogP) is 2.39. The lowest BCUT2D eigenvalue weighted by Crippen LogP contribution is -2.20. The van der Waals surface area contributed by atoms with Gasteiger partial charge in [0.15, 0.2) is 6.61 Å². The Labute approximate surface area is 128 Å². The molecule has 0 bridgehead atoms. The van der Waals surface area contributed by atoms with Crippen LogP contribution in [-0.2, 0) is 4.79 Å². The minimum Gasteiger partial charge on any atom is -0.484 e. The molecule has 0 saturated heterocycles. The van der Waals surface area contributed by atoms with E-state index in [0.29, 0.717) is 17.1 Å². The number of ether oxygens (including phenoxy) is 2. The van der Waals surface area contributed by atoms with Crippen molar-refractivity contribution in [1.82, 2.24) is 0 Å². The maximum atomic E-state index is 12.2. The van der Waals surface area contributed by atoms with Crippen LogP contribution in [0.25, 0.3) is 0 Å². The van der Waals surface area contributed by atoms with Crippen LogP contribution in [0.2, 0.25) is 0 Å². The number of amides is 1. The summed E-state index contributed by atoms with van der Waals surface area (Å²) >= 11 is 0. The van der Waals surface area contributed by atoms with Crippen molar-refractivity contribution < 1.29 is 19.1 Å². The fourth-order valence-electron chi connectivity index (χ4n) is 1.86. The Morgan fingerprint density at radius 3 is 2.55 bits per heavy atom. The van der Waals surface area contributed by atoms with E-state index in [-0.39, 0.29) is 6.61 Å². The Morgan fingerprint density at radius 2 is 1.82 bits per heavy atom. The number of hydrogen-bond acceptors (Lipinski definition) is 4. The molecule has 114 valence electrons. The molecule has 0 radical (unpaired) electrons. The van der Waals surface area contributed by atoms with Crippen LogP contribution in [0.15, 0.2) is 42.5 Å². The van der Waals surface area contributed by atoms with Gasteiger partial charge in [0.05, 0.1) is 5.56 Å². The number of nitrogens with two attached hydrogens (primary N) is 1. The SMILES string of the molecule is Cc1cccc(OC(=O)c2cccc(OCC(N)=O)c2)c1C. The quantitative estimate of drug-likeness (QED) is 0.679. The summed E-state index contributed by atoms with van der Waals surface area (Å²) in [7, 11) is 0. The number of aryl methyl sites for hydroxylation is 1. The van der Waals surface area contributed by atoms with Crippen molar-refractivity contribution in [3.05, 3.63) is 59.2 Å². The first kappa shape index (κ1) is 15.6. The Kier molecular flexibility index (Phi) is 4.78. The van der Waals surface area contributed by atoms with Crippen LogP contribution in [0.4, 0.5) is 0 Å². The van der Waals surface area contributed by atoms with Gasteiger partial charge in [0.2, 0.25) is 0 Å². The minimum absolute atomic E-state index is 0.241. The number of rotatable bonds is 5. The minimum atomic E-state index is -0.580. The van der Waals surface area contributed by atoms with Gasteiger partial charge in [-0.2, -0.15) is 0 Å². The van der Waals surface area contributed by atoms with Gasteiger partial charge in [-0.1, -0.05) is 18.2 Å². The summed E-state index contributed by atoms with van der Waals surface area (Å²) in [4.78, 5) is 22.9. The van der Waals surface area contributed by atoms with Crippen LogP contribution in [0.1, 0.15) is 21.5 Å². The Bertz CT molecular complexity index is 710. The molecule has 2 aromatic rings. The van der Waals surface area contributed by atoms with Gasteiger partial charge in [-0.15, -0.1) is 0 Å². The van der Waals surface area contributed by atoms with Crippen LogP contribution in [0.5, 0.6) is 11.5 Å². The first-order chi connectivity index (χ1) is 10.5. The van der Waals surface area contributed by atoms with Gasteiger partial charge in [0.1, 0.15) is 11.5 Å². The molecule has 0 atom stereocenters. The highest BCUT2D eigenvalue weighted by atomic mass is 16.5. The maximum Gasteiger partial charge on any atom is 0.343 e. The molecule has 0 aromatic heterocycles. The second-order valence-corrected chi connectivity index (χ2v) is 4.87. The molecule has 1 amide bonds. The Balaban J connectivity index is 2.14. The van der Waals surface area contributed by atoms with Crippen molar-refractivity contribution in [3.63, 3.8) is 0 Å². The van der Waals surface area contributed by atoms with Crippen molar-refractivity contribution in [2.24, 2.45) is 5.73 Å². The largest absolute Gasteiger partial charge is 0.484 e. The van der Waals surface area contributed by atoms with Gasteiger partial charge < -0.3 is 15.2 Å². The Hall–Kier alpha value is -2.82. The number of esters is 1. The zero-order valence-electron chi connectivity index (χ0n) is 12.5. The van der Waals surface area contributed by atoms with Crippen LogP contribution in [0, 0.1) is 13.8 Å². The summed E-state index contributed by atoms with van der Waals surface area (Å²) in [6.45, 7) is 3.60. The monoisotopic (exact) mass is 299 g/mol. The number of hydrogen-bond donors (Lipinski definition) is 1. The van der Waals surface area contributed by atoms with Crippen molar-refractivity contribution in [2.75, 3.05) is 6.61 Å². The van der Waals surface area contributed by atoms with E-state index < -0.39 is 11.9 Å². The number of primary amides is 1. The third-order valence-electron chi connectivity index (χ3n) is 3.21. The molecule has 0 saturated carbocycles. The second kappa shape index (κ2) is 6.76. The molecule has 0 heterocycles. The zero-order valence-corrected chi connectivity index (χ0v) is 12.5. The molecule has 0 aliphatic carbocycles. The van der Waals surface area contributed by atoms with Crippen molar-refractivity contribution >= 4 is 11.9 Å². The number of carbonyl (C=O) groups is 2. The average Bonchev–Trinajstić information content (AvgIpc) is 2.50. The molecular weight excluding hydrogens is 282 g/mol. The lowest BCUT2D eigenvalue weighted by atomic mass is 10.1. The average molecular weight is 299 g/mol. The molecule has 0 aliphatic heterocycles. The van der Waals surface area contributed by atoms with Gasteiger partial charge >= 0.3 is 5.97 Å². The molecule has 0 unspecified atom stereocenters. The summed E-state index contributed by atoms with van der Waals surface area (Å²) in [5, 5.41) is 0. The zero-order chi connectivity index (χ0) is 16.1. The molecule has 0 aliphatic rings. The van der Waals surface area contributed by atoms with Crippen LogP contribution < -0.4 is 15.2 Å². The van der Waals surface area contributed by atoms with Crippen LogP contribution >= 0.6 is 0 Å². The van der Waals surface area contributed by atoms with Gasteiger partial charge in [-0.25, -0.2) is 4.79 Å². The van der Waals surface area contributed by atoms with E-state index in [1.54, 1.807) is 24.3 Å². The van der Waals surface area contributed by atoms with Crippen LogP contribution in [-0.4, -0.2) is 18.5 Å². The van der Waals surface area contributed by atoms with E-state index in [0.717, 1.165) is 11.1 Å². The van der Waals surface area contributed by atoms with E-state index in [2.05, 4.69) is 0 Å². The molecule has 22 heavy (non-hydrogen) atoms. The first-order valence-electron chi connectivity index (χ1n) is 6.77. The van der Waals surface area contributed by atoms with Crippen molar-refractivity contribution in [3.8, 4) is 11.5 Å². The molecule has 2 N–H and O–H groups in total.